The summed E-state index contributed by atoms with van der Waals surface area (Å²) < 4.78 is 4.87. The second-order valence-corrected chi connectivity index (χ2v) is 5.13. The Bertz CT molecular complexity index is 473. The maximum Gasteiger partial charge on any atom is 0.308 e. The van der Waals surface area contributed by atoms with Gasteiger partial charge in [-0.25, -0.2) is 0 Å². The van der Waals surface area contributed by atoms with E-state index in [0.29, 0.717) is 25.9 Å². The quantitative estimate of drug-likeness (QED) is 0.681. The number of carbonyl (C=O) groups is 2. The summed E-state index contributed by atoms with van der Waals surface area (Å²) >= 11 is 0. The summed E-state index contributed by atoms with van der Waals surface area (Å²) in [5.41, 5.74) is 2.07. The number of aliphatic carboxylic acids is 1. The van der Waals surface area contributed by atoms with Crippen molar-refractivity contribution in [1.82, 2.24) is 5.32 Å². The van der Waals surface area contributed by atoms with Crippen LogP contribution in [-0.2, 0) is 20.7 Å². The molecule has 0 bridgehead atoms. The maximum absolute atomic E-state index is 11.6. The SMILES string of the molecule is COCCCC(=O)NCC(Cc1cccc(C)c1)C(=O)O. The van der Waals surface area contributed by atoms with Gasteiger partial charge in [0.15, 0.2) is 0 Å². The molecule has 0 aromatic heterocycles. The smallest absolute Gasteiger partial charge is 0.308 e. The van der Waals surface area contributed by atoms with Gasteiger partial charge in [-0.05, 0) is 25.3 Å². The number of rotatable bonds is 9. The van der Waals surface area contributed by atoms with Gasteiger partial charge in [-0.2, -0.15) is 0 Å². The molecule has 1 atom stereocenters. The summed E-state index contributed by atoms with van der Waals surface area (Å²) in [5.74, 6) is -1.64. The van der Waals surface area contributed by atoms with Crippen LogP contribution in [0.25, 0.3) is 0 Å². The Morgan fingerprint density at radius 2 is 2.14 bits per heavy atom. The molecule has 0 aliphatic rings. The molecule has 1 aromatic rings. The first-order valence-corrected chi connectivity index (χ1v) is 7.07. The average Bonchev–Trinajstić information content (AvgIpc) is 2.43. The van der Waals surface area contributed by atoms with Gasteiger partial charge >= 0.3 is 5.97 Å². The summed E-state index contributed by atoms with van der Waals surface area (Å²) in [6, 6.07) is 7.75. The van der Waals surface area contributed by atoms with Gasteiger partial charge in [-0.15, -0.1) is 0 Å². The van der Waals surface area contributed by atoms with Gasteiger partial charge < -0.3 is 15.2 Å². The standard InChI is InChI=1S/C16H23NO4/c1-12-5-3-6-13(9-12)10-14(16(19)20)11-17-15(18)7-4-8-21-2/h3,5-6,9,14H,4,7-8,10-11H2,1-2H3,(H,17,18)(H,19,20). The number of carboxylic acid groups (broad SMARTS) is 1. The summed E-state index contributed by atoms with van der Waals surface area (Å²) in [4.78, 5) is 22.9. The van der Waals surface area contributed by atoms with Crippen LogP contribution >= 0.6 is 0 Å². The largest absolute Gasteiger partial charge is 0.481 e. The number of hydrogen-bond donors (Lipinski definition) is 2. The van der Waals surface area contributed by atoms with Crippen molar-refractivity contribution >= 4 is 11.9 Å². The van der Waals surface area contributed by atoms with E-state index in [-0.39, 0.29) is 12.5 Å². The van der Waals surface area contributed by atoms with E-state index >= 15 is 0 Å². The molecule has 0 aliphatic carbocycles. The number of methoxy groups -OCH3 is 1. The van der Waals surface area contributed by atoms with Gasteiger partial charge in [-0.3, -0.25) is 9.59 Å². The lowest BCUT2D eigenvalue weighted by Gasteiger charge is -2.14. The number of nitrogens with one attached hydrogen (secondary N) is 1. The molecule has 0 saturated carbocycles. The van der Waals surface area contributed by atoms with Gasteiger partial charge in [0.1, 0.15) is 0 Å². The second-order valence-electron chi connectivity index (χ2n) is 5.13. The van der Waals surface area contributed by atoms with Crippen molar-refractivity contribution < 1.29 is 19.4 Å². The molecule has 5 nitrogen and oxygen atoms in total. The zero-order valence-corrected chi connectivity index (χ0v) is 12.6. The molecule has 21 heavy (non-hydrogen) atoms. The molecule has 0 fully saturated rings. The second kappa shape index (κ2) is 9.13. The van der Waals surface area contributed by atoms with Crippen LogP contribution in [0.1, 0.15) is 24.0 Å². The van der Waals surface area contributed by atoms with E-state index in [0.717, 1.165) is 11.1 Å². The van der Waals surface area contributed by atoms with Crippen LogP contribution < -0.4 is 5.32 Å². The highest BCUT2D eigenvalue weighted by molar-refractivity contribution is 5.77. The molecule has 0 radical (unpaired) electrons. The van der Waals surface area contributed by atoms with Crippen molar-refractivity contribution in [2.75, 3.05) is 20.3 Å². The van der Waals surface area contributed by atoms with Crippen LogP contribution in [0.2, 0.25) is 0 Å². The number of hydrogen-bond acceptors (Lipinski definition) is 3. The summed E-state index contributed by atoms with van der Waals surface area (Å²) in [7, 11) is 1.58. The van der Waals surface area contributed by atoms with Crippen LogP contribution in [-0.4, -0.2) is 37.2 Å². The van der Waals surface area contributed by atoms with E-state index in [9.17, 15) is 14.7 Å². The highest BCUT2D eigenvalue weighted by atomic mass is 16.5. The predicted molar refractivity (Wildman–Crippen MR) is 80.1 cm³/mol. The van der Waals surface area contributed by atoms with Gasteiger partial charge in [0.2, 0.25) is 5.91 Å². The lowest BCUT2D eigenvalue weighted by atomic mass is 9.98. The highest BCUT2D eigenvalue weighted by Gasteiger charge is 2.18. The van der Waals surface area contributed by atoms with Crippen molar-refractivity contribution in [3.05, 3.63) is 35.4 Å². The van der Waals surface area contributed by atoms with Crippen LogP contribution in [0.5, 0.6) is 0 Å². The monoisotopic (exact) mass is 293 g/mol. The van der Waals surface area contributed by atoms with Gasteiger partial charge in [0.25, 0.3) is 0 Å². The van der Waals surface area contributed by atoms with Crippen LogP contribution in [0.15, 0.2) is 24.3 Å². The van der Waals surface area contributed by atoms with Crippen molar-refractivity contribution in [3.8, 4) is 0 Å². The molecular weight excluding hydrogens is 270 g/mol. The molecule has 1 unspecified atom stereocenters. The number of amides is 1. The molecule has 116 valence electrons. The molecule has 1 aromatic carbocycles. The predicted octanol–water partition coefficient (Wildman–Crippen LogP) is 1.78. The minimum absolute atomic E-state index is 0.137. The summed E-state index contributed by atoms with van der Waals surface area (Å²) in [5, 5.41) is 11.9. The molecule has 1 amide bonds. The Hall–Kier alpha value is -1.88. The van der Waals surface area contributed by atoms with Gasteiger partial charge in [0.05, 0.1) is 5.92 Å². The normalized spacial score (nSPS) is 11.9. The third-order valence-corrected chi connectivity index (χ3v) is 3.21. The van der Waals surface area contributed by atoms with Gasteiger partial charge in [0, 0.05) is 26.7 Å². The first kappa shape index (κ1) is 17.2. The minimum Gasteiger partial charge on any atom is -0.481 e. The van der Waals surface area contributed by atoms with E-state index in [2.05, 4.69) is 5.32 Å². The zero-order valence-electron chi connectivity index (χ0n) is 12.6. The molecule has 0 aliphatic heterocycles. The van der Waals surface area contributed by atoms with Crippen LogP contribution in [0.4, 0.5) is 0 Å². The fourth-order valence-electron chi connectivity index (χ4n) is 2.07. The van der Waals surface area contributed by atoms with Crippen molar-refractivity contribution in [2.45, 2.75) is 26.2 Å². The number of aryl methyl sites for hydroxylation is 1. The third kappa shape index (κ3) is 6.90. The van der Waals surface area contributed by atoms with Crippen LogP contribution in [0, 0.1) is 12.8 Å². The summed E-state index contributed by atoms with van der Waals surface area (Å²) in [6.45, 7) is 2.64. The van der Waals surface area contributed by atoms with E-state index in [4.69, 9.17) is 4.74 Å². The summed E-state index contributed by atoms with van der Waals surface area (Å²) in [6.07, 6.45) is 1.40. The first-order chi connectivity index (χ1) is 10.0. The first-order valence-electron chi connectivity index (χ1n) is 7.07. The average molecular weight is 293 g/mol. The zero-order chi connectivity index (χ0) is 15.7. The number of carboxylic acids is 1. The lowest BCUT2D eigenvalue weighted by molar-refractivity contribution is -0.141. The van der Waals surface area contributed by atoms with E-state index < -0.39 is 11.9 Å². The van der Waals surface area contributed by atoms with Crippen molar-refractivity contribution in [1.29, 1.82) is 0 Å². The molecule has 2 N–H and O–H groups in total. The lowest BCUT2D eigenvalue weighted by Crippen LogP contribution is -2.34. The number of benzene rings is 1. The Morgan fingerprint density at radius 3 is 2.76 bits per heavy atom. The maximum atomic E-state index is 11.6. The Morgan fingerprint density at radius 1 is 1.38 bits per heavy atom. The fourth-order valence-corrected chi connectivity index (χ4v) is 2.07. The van der Waals surface area contributed by atoms with Crippen molar-refractivity contribution in [3.63, 3.8) is 0 Å². The number of carbonyl (C=O) groups excluding carboxylic acids is 1. The Kier molecular flexibility index (Phi) is 7.46. The highest BCUT2D eigenvalue weighted by Crippen LogP contribution is 2.11. The Labute approximate surface area is 125 Å². The van der Waals surface area contributed by atoms with Crippen molar-refractivity contribution in [2.24, 2.45) is 5.92 Å². The molecule has 0 spiro atoms. The van der Waals surface area contributed by atoms with Crippen LogP contribution in [0.3, 0.4) is 0 Å². The topological polar surface area (TPSA) is 75.6 Å². The van der Waals surface area contributed by atoms with Gasteiger partial charge in [-0.1, -0.05) is 29.8 Å². The van der Waals surface area contributed by atoms with E-state index in [1.807, 2.05) is 31.2 Å². The molecule has 0 saturated heterocycles. The number of ether oxygens (including phenoxy) is 1. The molecular formula is C16H23NO4. The van der Waals surface area contributed by atoms with E-state index in [1.165, 1.54) is 0 Å². The van der Waals surface area contributed by atoms with E-state index in [1.54, 1.807) is 7.11 Å². The molecule has 0 heterocycles. The third-order valence-electron chi connectivity index (χ3n) is 3.21. The molecule has 1 rings (SSSR count). The fraction of sp³-hybridized carbons (Fsp3) is 0.500. The Balaban J connectivity index is 2.47. The minimum atomic E-state index is -0.895. The molecule has 5 heteroatoms.